The second kappa shape index (κ2) is 13.5. The third kappa shape index (κ3) is 10.6. The van der Waals surface area contributed by atoms with E-state index < -0.39 is 0 Å². The molecule has 0 saturated carbocycles. The molecule has 1 fully saturated rings. The predicted octanol–water partition coefficient (Wildman–Crippen LogP) is 3.76. The Bertz CT molecular complexity index is 592. The molecule has 1 atom stereocenters. The standard InChI is InChI=1S/C22H39ClN4O2/c1-6-22(13-24)29-20(5)27(12-7-18(3)23)16-17(2)15-26-10-8-21(9-11-26)14-25-19(4)28/h7,13,16,20-21H,6,8-12,14-15,24H2,1-5H3,(H,25,28)/b17-16+,18-7+,22-13+. The first-order chi connectivity index (χ1) is 13.7. The van der Waals surface area contributed by atoms with Crippen LogP contribution < -0.4 is 11.1 Å². The zero-order valence-electron chi connectivity index (χ0n) is 18.7. The van der Waals surface area contributed by atoms with Crippen molar-refractivity contribution >= 4 is 17.5 Å². The molecule has 0 aliphatic carbocycles. The maximum Gasteiger partial charge on any atom is 0.216 e. The van der Waals surface area contributed by atoms with Gasteiger partial charge in [0, 0.05) is 50.4 Å². The molecule has 3 N–H and O–H groups in total. The Kier molecular flexibility index (Phi) is 11.9. The quantitative estimate of drug-likeness (QED) is 0.389. The van der Waals surface area contributed by atoms with Gasteiger partial charge in [-0.25, -0.2) is 0 Å². The number of carbonyl (C=O) groups excluding carboxylic acids is 1. The van der Waals surface area contributed by atoms with Gasteiger partial charge in [-0.2, -0.15) is 0 Å². The minimum Gasteiger partial charge on any atom is -0.474 e. The molecule has 0 aromatic rings. The van der Waals surface area contributed by atoms with Crippen molar-refractivity contribution in [2.45, 2.75) is 60.1 Å². The van der Waals surface area contributed by atoms with Crippen LogP contribution in [0.1, 0.15) is 53.9 Å². The largest absolute Gasteiger partial charge is 0.474 e. The maximum atomic E-state index is 11.1. The van der Waals surface area contributed by atoms with Crippen LogP contribution in [0.3, 0.4) is 0 Å². The van der Waals surface area contributed by atoms with Crippen molar-refractivity contribution < 1.29 is 9.53 Å². The summed E-state index contributed by atoms with van der Waals surface area (Å²) in [6.07, 6.45) is 8.52. The van der Waals surface area contributed by atoms with E-state index in [-0.39, 0.29) is 12.1 Å². The highest BCUT2D eigenvalue weighted by molar-refractivity contribution is 6.29. The van der Waals surface area contributed by atoms with Gasteiger partial charge >= 0.3 is 0 Å². The molecule has 0 aromatic heterocycles. The molecule has 1 aliphatic rings. The SMILES string of the molecule is CC/C(=C\N)OC(C)N(/C=C(\C)CN1CCC(CNC(C)=O)CC1)C/C=C(\C)Cl. The van der Waals surface area contributed by atoms with Crippen LogP contribution in [0, 0.1) is 5.92 Å². The van der Waals surface area contributed by atoms with Gasteiger partial charge in [0.25, 0.3) is 0 Å². The average molecular weight is 427 g/mol. The van der Waals surface area contributed by atoms with E-state index in [9.17, 15) is 4.79 Å². The molecule has 7 heteroatoms. The topological polar surface area (TPSA) is 70.8 Å². The molecule has 166 valence electrons. The number of nitrogens with two attached hydrogens (primary N) is 1. The van der Waals surface area contributed by atoms with Gasteiger partial charge < -0.3 is 20.7 Å². The van der Waals surface area contributed by atoms with Crippen molar-refractivity contribution in [1.29, 1.82) is 0 Å². The molecule has 0 radical (unpaired) electrons. The van der Waals surface area contributed by atoms with E-state index in [1.165, 1.54) is 11.8 Å². The lowest BCUT2D eigenvalue weighted by Crippen LogP contribution is -2.39. The zero-order valence-corrected chi connectivity index (χ0v) is 19.5. The number of allylic oxidation sites excluding steroid dienone is 2. The van der Waals surface area contributed by atoms with Crippen LogP contribution in [0.5, 0.6) is 0 Å². The van der Waals surface area contributed by atoms with Crippen molar-refractivity contribution in [2.24, 2.45) is 11.7 Å². The van der Waals surface area contributed by atoms with Gasteiger partial charge in [-0.3, -0.25) is 9.69 Å². The highest BCUT2D eigenvalue weighted by atomic mass is 35.5. The number of carbonyl (C=O) groups is 1. The van der Waals surface area contributed by atoms with Crippen molar-refractivity contribution in [3.63, 3.8) is 0 Å². The fourth-order valence-corrected chi connectivity index (χ4v) is 3.45. The molecule has 1 saturated heterocycles. The molecule has 1 aliphatic heterocycles. The van der Waals surface area contributed by atoms with Crippen LogP contribution in [0.25, 0.3) is 0 Å². The van der Waals surface area contributed by atoms with Crippen molar-refractivity contribution in [1.82, 2.24) is 15.1 Å². The van der Waals surface area contributed by atoms with E-state index in [1.807, 2.05) is 26.8 Å². The Morgan fingerprint density at radius 1 is 1.34 bits per heavy atom. The van der Waals surface area contributed by atoms with Crippen LogP contribution in [0.4, 0.5) is 0 Å². The molecule has 6 nitrogen and oxygen atoms in total. The smallest absolute Gasteiger partial charge is 0.216 e. The van der Waals surface area contributed by atoms with Crippen LogP contribution >= 0.6 is 11.6 Å². The van der Waals surface area contributed by atoms with Gasteiger partial charge in [-0.05, 0) is 58.2 Å². The lowest BCUT2D eigenvalue weighted by atomic mass is 9.96. The van der Waals surface area contributed by atoms with E-state index >= 15 is 0 Å². The minimum absolute atomic E-state index is 0.0552. The van der Waals surface area contributed by atoms with Crippen molar-refractivity contribution in [3.05, 3.63) is 34.8 Å². The van der Waals surface area contributed by atoms with E-state index in [0.717, 1.165) is 56.2 Å². The summed E-state index contributed by atoms with van der Waals surface area (Å²) in [5.74, 6) is 1.41. The summed E-state index contributed by atoms with van der Waals surface area (Å²) in [5.41, 5.74) is 6.92. The van der Waals surface area contributed by atoms with Gasteiger partial charge in [0.2, 0.25) is 5.91 Å². The molecule has 1 heterocycles. The molecular weight excluding hydrogens is 388 g/mol. The number of rotatable bonds is 11. The van der Waals surface area contributed by atoms with Crippen molar-refractivity contribution in [3.8, 4) is 0 Å². The summed E-state index contributed by atoms with van der Waals surface area (Å²) in [7, 11) is 0. The number of ether oxygens (including phenoxy) is 1. The van der Waals surface area contributed by atoms with Gasteiger partial charge in [-0.1, -0.05) is 24.6 Å². The maximum absolute atomic E-state index is 11.1. The molecule has 0 spiro atoms. The van der Waals surface area contributed by atoms with Gasteiger partial charge in [-0.15, -0.1) is 0 Å². The number of nitrogens with zero attached hydrogens (tertiary/aromatic N) is 2. The van der Waals surface area contributed by atoms with E-state index in [1.54, 1.807) is 6.92 Å². The number of hydrogen-bond donors (Lipinski definition) is 2. The summed E-state index contributed by atoms with van der Waals surface area (Å²) in [6.45, 7) is 14.1. The number of piperidine rings is 1. The number of hydrogen-bond acceptors (Lipinski definition) is 5. The van der Waals surface area contributed by atoms with E-state index in [2.05, 4.69) is 28.2 Å². The van der Waals surface area contributed by atoms with Gasteiger partial charge in [0.15, 0.2) is 6.23 Å². The molecule has 1 rings (SSSR count). The number of halogens is 1. The average Bonchev–Trinajstić information content (AvgIpc) is 2.68. The van der Waals surface area contributed by atoms with Gasteiger partial charge in [0.05, 0.1) is 0 Å². The monoisotopic (exact) mass is 426 g/mol. The Labute approximate surface area is 181 Å². The fourth-order valence-electron chi connectivity index (χ4n) is 3.38. The van der Waals surface area contributed by atoms with Crippen LogP contribution in [0.2, 0.25) is 0 Å². The van der Waals surface area contributed by atoms with E-state index in [4.69, 9.17) is 22.1 Å². The highest BCUT2D eigenvalue weighted by Gasteiger charge is 2.20. The van der Waals surface area contributed by atoms with Gasteiger partial charge in [0.1, 0.15) is 5.76 Å². The van der Waals surface area contributed by atoms with Crippen LogP contribution in [-0.2, 0) is 9.53 Å². The summed E-state index contributed by atoms with van der Waals surface area (Å²) in [6, 6.07) is 0. The molecule has 0 aromatic carbocycles. The first-order valence-corrected chi connectivity index (χ1v) is 10.9. The Hall–Kier alpha value is -1.66. The Balaban J connectivity index is 2.65. The molecule has 1 unspecified atom stereocenters. The number of likely N-dealkylation sites (tertiary alicyclic amines) is 1. The second-order valence-electron chi connectivity index (χ2n) is 7.82. The lowest BCUT2D eigenvalue weighted by Gasteiger charge is -2.33. The Morgan fingerprint density at radius 3 is 2.52 bits per heavy atom. The molecular formula is C22H39ClN4O2. The van der Waals surface area contributed by atoms with Crippen molar-refractivity contribution in [2.75, 3.05) is 32.7 Å². The van der Waals surface area contributed by atoms with Crippen LogP contribution in [-0.4, -0.2) is 54.7 Å². The van der Waals surface area contributed by atoms with E-state index in [0.29, 0.717) is 12.5 Å². The molecule has 29 heavy (non-hydrogen) atoms. The normalized spacial score (nSPS) is 18.5. The lowest BCUT2D eigenvalue weighted by molar-refractivity contribution is -0.119. The predicted molar refractivity (Wildman–Crippen MR) is 121 cm³/mol. The first-order valence-electron chi connectivity index (χ1n) is 10.5. The second-order valence-corrected chi connectivity index (χ2v) is 8.42. The highest BCUT2D eigenvalue weighted by Crippen LogP contribution is 2.18. The molecule has 1 amide bonds. The number of amides is 1. The summed E-state index contributed by atoms with van der Waals surface area (Å²) in [4.78, 5) is 15.7. The number of nitrogens with one attached hydrogen (secondary N) is 1. The molecule has 0 bridgehead atoms. The third-order valence-corrected chi connectivity index (χ3v) is 5.27. The fraction of sp³-hybridized carbons (Fsp3) is 0.682. The Morgan fingerprint density at radius 2 is 2.00 bits per heavy atom. The summed E-state index contributed by atoms with van der Waals surface area (Å²) >= 11 is 6.04. The summed E-state index contributed by atoms with van der Waals surface area (Å²) in [5, 5.41) is 3.70. The first kappa shape index (κ1) is 25.4. The summed E-state index contributed by atoms with van der Waals surface area (Å²) < 4.78 is 5.99. The van der Waals surface area contributed by atoms with Crippen LogP contribution in [0.15, 0.2) is 34.8 Å². The third-order valence-electron chi connectivity index (χ3n) is 5.11. The minimum atomic E-state index is -0.143. The zero-order chi connectivity index (χ0) is 21.8.